The Morgan fingerprint density at radius 3 is 2.70 bits per heavy atom. The van der Waals surface area contributed by atoms with Crippen molar-refractivity contribution in [3.8, 4) is 0 Å². The maximum atomic E-state index is 12.5. The zero-order valence-corrected chi connectivity index (χ0v) is 19.7. The second kappa shape index (κ2) is 10.5. The highest BCUT2D eigenvalue weighted by Crippen LogP contribution is 2.32. The number of alkyl carbamates (subject to hydrolysis) is 1. The van der Waals surface area contributed by atoms with E-state index in [0.717, 1.165) is 0 Å². The number of nitrogens with one attached hydrogen (secondary N) is 1. The standard InChI is InChI=1S/C18H27BrN4O6S/c1-10(24)28-7-11(21-17(26)29-18(2,3)4)14(16-22-13(19)9-30-16)23-5-6-27-8-12(23)15(20)25/h9,11-12,14H,5-8H2,1-4H3,(H2,20,25)(H,21,26)/t11-,12-,14+/m1/s1. The molecule has 0 spiro atoms. The minimum absolute atomic E-state index is 0.116. The van der Waals surface area contributed by atoms with E-state index in [0.29, 0.717) is 22.8 Å². The number of carbonyl (C=O) groups excluding carboxylic acids is 3. The molecule has 2 amide bonds. The number of nitrogens with two attached hydrogens (primary N) is 1. The molecule has 1 aromatic heterocycles. The minimum atomic E-state index is -0.748. The van der Waals surface area contributed by atoms with Gasteiger partial charge in [0.2, 0.25) is 5.91 Å². The Morgan fingerprint density at radius 1 is 1.47 bits per heavy atom. The summed E-state index contributed by atoms with van der Waals surface area (Å²) < 4.78 is 16.6. The van der Waals surface area contributed by atoms with Crippen molar-refractivity contribution in [1.82, 2.24) is 15.2 Å². The van der Waals surface area contributed by atoms with Crippen molar-refractivity contribution < 1.29 is 28.6 Å². The van der Waals surface area contributed by atoms with Crippen molar-refractivity contribution in [1.29, 1.82) is 0 Å². The summed E-state index contributed by atoms with van der Waals surface area (Å²) in [7, 11) is 0. The Bertz CT molecular complexity index is 768. The third-order valence-corrected chi connectivity index (χ3v) is 5.78. The van der Waals surface area contributed by atoms with E-state index in [9.17, 15) is 14.4 Å². The predicted molar refractivity (Wildman–Crippen MR) is 113 cm³/mol. The van der Waals surface area contributed by atoms with Gasteiger partial charge in [-0.3, -0.25) is 14.5 Å². The fraction of sp³-hybridized carbons (Fsp3) is 0.667. The lowest BCUT2D eigenvalue weighted by Crippen LogP contribution is -2.59. The molecule has 10 nitrogen and oxygen atoms in total. The van der Waals surface area contributed by atoms with Crippen molar-refractivity contribution in [2.75, 3.05) is 26.4 Å². The number of hydrogen-bond acceptors (Lipinski definition) is 9. The maximum absolute atomic E-state index is 12.5. The van der Waals surface area contributed by atoms with Crippen LogP contribution >= 0.6 is 27.3 Å². The lowest BCUT2D eigenvalue weighted by atomic mass is 10.0. The van der Waals surface area contributed by atoms with Crippen molar-refractivity contribution >= 4 is 45.2 Å². The quantitative estimate of drug-likeness (QED) is 0.532. The Kier molecular flexibility index (Phi) is 8.59. The number of aromatic nitrogens is 1. The van der Waals surface area contributed by atoms with Crippen LogP contribution in [0.3, 0.4) is 0 Å². The van der Waals surface area contributed by atoms with Crippen molar-refractivity contribution in [2.24, 2.45) is 5.73 Å². The molecule has 12 heteroatoms. The molecular formula is C18H27BrN4O6S. The fourth-order valence-corrected chi connectivity index (χ4v) is 4.47. The topological polar surface area (TPSA) is 133 Å². The van der Waals surface area contributed by atoms with Gasteiger partial charge >= 0.3 is 12.1 Å². The summed E-state index contributed by atoms with van der Waals surface area (Å²) in [6.07, 6.45) is -0.677. The van der Waals surface area contributed by atoms with Crippen LogP contribution in [0.25, 0.3) is 0 Å². The number of halogens is 1. The average molecular weight is 507 g/mol. The Hall–Kier alpha value is -1.76. The zero-order chi connectivity index (χ0) is 22.5. The highest BCUT2D eigenvalue weighted by atomic mass is 79.9. The van der Waals surface area contributed by atoms with Gasteiger partial charge in [-0.2, -0.15) is 0 Å². The van der Waals surface area contributed by atoms with Gasteiger partial charge in [-0.15, -0.1) is 11.3 Å². The van der Waals surface area contributed by atoms with Gasteiger partial charge in [-0.25, -0.2) is 9.78 Å². The van der Waals surface area contributed by atoms with Gasteiger partial charge in [0.05, 0.1) is 25.3 Å². The number of amides is 2. The number of thiazole rings is 1. The van der Waals surface area contributed by atoms with Gasteiger partial charge in [-0.1, -0.05) is 0 Å². The predicted octanol–water partition coefficient (Wildman–Crippen LogP) is 1.59. The van der Waals surface area contributed by atoms with Crippen LogP contribution < -0.4 is 11.1 Å². The third-order valence-electron chi connectivity index (χ3n) is 4.15. The molecule has 0 bridgehead atoms. The molecule has 3 N–H and O–H groups in total. The molecule has 30 heavy (non-hydrogen) atoms. The zero-order valence-electron chi connectivity index (χ0n) is 17.3. The Morgan fingerprint density at radius 2 is 2.17 bits per heavy atom. The number of primary amides is 1. The number of carbonyl (C=O) groups is 3. The van der Waals surface area contributed by atoms with E-state index < -0.39 is 41.7 Å². The van der Waals surface area contributed by atoms with E-state index in [2.05, 4.69) is 26.2 Å². The second-order valence-corrected chi connectivity index (χ2v) is 9.44. The van der Waals surface area contributed by atoms with Crippen molar-refractivity contribution in [3.05, 3.63) is 15.0 Å². The van der Waals surface area contributed by atoms with Crippen molar-refractivity contribution in [2.45, 2.75) is 51.4 Å². The van der Waals surface area contributed by atoms with E-state index in [1.165, 1.54) is 18.3 Å². The summed E-state index contributed by atoms with van der Waals surface area (Å²) in [6.45, 7) is 7.24. The summed E-state index contributed by atoms with van der Waals surface area (Å²) in [6, 6.07) is -2.08. The van der Waals surface area contributed by atoms with Gasteiger partial charge in [0.15, 0.2) is 0 Å². The first-order valence-electron chi connectivity index (χ1n) is 9.34. The van der Waals surface area contributed by atoms with Crippen LogP contribution in [0.2, 0.25) is 0 Å². The van der Waals surface area contributed by atoms with Crippen LogP contribution in [0.4, 0.5) is 4.79 Å². The number of rotatable bonds is 7. The van der Waals surface area contributed by atoms with Crippen molar-refractivity contribution in [3.63, 3.8) is 0 Å². The molecule has 168 valence electrons. The molecule has 1 aromatic rings. The Labute approximate surface area is 187 Å². The number of morpholine rings is 1. The Balaban J connectivity index is 2.41. The largest absolute Gasteiger partial charge is 0.464 e. The van der Waals surface area contributed by atoms with Gasteiger partial charge in [0.25, 0.3) is 0 Å². The normalized spacial score (nSPS) is 19.6. The molecule has 1 saturated heterocycles. The first kappa shape index (κ1) is 24.5. The molecule has 0 aromatic carbocycles. The summed E-state index contributed by atoms with van der Waals surface area (Å²) in [4.78, 5) is 42.4. The molecule has 0 aliphatic carbocycles. The first-order chi connectivity index (χ1) is 14.0. The molecule has 3 atom stereocenters. The number of nitrogens with zero attached hydrogens (tertiary/aromatic N) is 2. The van der Waals surface area contributed by atoms with E-state index in [1.807, 2.05) is 4.90 Å². The monoisotopic (exact) mass is 506 g/mol. The minimum Gasteiger partial charge on any atom is -0.464 e. The fourth-order valence-electron chi connectivity index (χ4n) is 3.02. The van der Waals surface area contributed by atoms with Crippen LogP contribution in [0.5, 0.6) is 0 Å². The molecule has 2 heterocycles. The molecule has 1 aliphatic heterocycles. The lowest BCUT2D eigenvalue weighted by molar-refractivity contribution is -0.144. The van der Waals surface area contributed by atoms with E-state index >= 15 is 0 Å². The molecule has 1 fully saturated rings. The molecule has 0 radical (unpaired) electrons. The maximum Gasteiger partial charge on any atom is 0.408 e. The van der Waals surface area contributed by atoms with Crippen LogP contribution in [-0.4, -0.2) is 71.9 Å². The summed E-state index contributed by atoms with van der Waals surface area (Å²) >= 11 is 4.68. The lowest BCUT2D eigenvalue weighted by Gasteiger charge is -2.41. The van der Waals surface area contributed by atoms with Gasteiger partial charge in [0, 0.05) is 18.8 Å². The van der Waals surface area contributed by atoms with E-state index in [-0.39, 0.29) is 13.2 Å². The molecule has 2 rings (SSSR count). The molecule has 0 saturated carbocycles. The van der Waals surface area contributed by atoms with E-state index in [1.54, 1.807) is 26.2 Å². The van der Waals surface area contributed by atoms with E-state index in [4.69, 9.17) is 19.9 Å². The first-order valence-corrected chi connectivity index (χ1v) is 11.0. The SMILES string of the molecule is CC(=O)OC[C@@H](NC(=O)OC(C)(C)C)[C@@H](c1nc(Br)cs1)N1CCOC[C@@H]1C(N)=O. The number of ether oxygens (including phenoxy) is 3. The van der Waals surface area contributed by atoms with Crippen LogP contribution in [-0.2, 0) is 23.8 Å². The third kappa shape index (κ3) is 7.18. The number of hydrogen-bond donors (Lipinski definition) is 2. The summed E-state index contributed by atoms with van der Waals surface area (Å²) in [5.41, 5.74) is 4.88. The van der Waals surface area contributed by atoms with Gasteiger partial charge in [-0.05, 0) is 36.7 Å². The second-order valence-electron chi connectivity index (χ2n) is 7.74. The molecular weight excluding hydrogens is 480 g/mol. The highest BCUT2D eigenvalue weighted by molar-refractivity contribution is 9.10. The summed E-state index contributed by atoms with van der Waals surface area (Å²) in [5, 5.41) is 5.18. The van der Waals surface area contributed by atoms with Crippen LogP contribution in [0.1, 0.15) is 38.7 Å². The summed E-state index contributed by atoms with van der Waals surface area (Å²) in [5.74, 6) is -1.06. The highest BCUT2D eigenvalue weighted by Gasteiger charge is 2.41. The molecule has 0 unspecified atom stereocenters. The average Bonchev–Trinajstić information content (AvgIpc) is 3.04. The smallest absolute Gasteiger partial charge is 0.408 e. The van der Waals surface area contributed by atoms with Gasteiger partial charge in [0.1, 0.15) is 27.9 Å². The van der Waals surface area contributed by atoms with Gasteiger partial charge < -0.3 is 25.3 Å². The molecule has 1 aliphatic rings. The van der Waals surface area contributed by atoms with Crippen LogP contribution in [0, 0.1) is 0 Å². The van der Waals surface area contributed by atoms with Crippen LogP contribution in [0.15, 0.2) is 9.98 Å². The number of esters is 1.